The molecule has 3 aromatic heterocycles. The summed E-state index contributed by atoms with van der Waals surface area (Å²) >= 11 is 0. The quantitative estimate of drug-likeness (QED) is 0.222. The van der Waals surface area contributed by atoms with E-state index in [9.17, 15) is 9.59 Å². The number of fused-ring (bicyclic) bond motifs is 1. The monoisotopic (exact) mass is 625 g/mol. The third-order valence-electron chi connectivity index (χ3n) is 7.53. The Morgan fingerprint density at radius 2 is 1.93 bits per heavy atom. The molecule has 0 radical (unpaired) electrons. The van der Waals surface area contributed by atoms with Crippen LogP contribution in [0.5, 0.6) is 17.4 Å². The van der Waals surface area contributed by atoms with Gasteiger partial charge in [-0.25, -0.2) is 14.8 Å². The van der Waals surface area contributed by atoms with Crippen LogP contribution in [0.4, 0.5) is 16.4 Å². The molecule has 2 amide bonds. The standard InChI is InChI=1S/C32H31N7O7/c40-28-19-43-26-6-7-27(37-31(26)38-28)39-15-21(46-32(39)41)8-10-33-13-25-30(44-16-20-4-2-1-3-5-20)23(9-11-35-25)24-12-34-14-29(36-24)45-22-17-42-18-22/h1-7,9,11-12,14,21-22,33H,8,10,13,15-19H2,(H,37,38,40). The fraction of sp³-hybridized carbons (Fsp3) is 0.312. The number of benzene rings is 1. The highest BCUT2D eigenvalue weighted by Crippen LogP contribution is 2.33. The number of carbonyl (C=O) groups excluding carboxylic acids is 2. The van der Waals surface area contributed by atoms with Crippen molar-refractivity contribution in [1.82, 2.24) is 25.3 Å². The Bertz CT molecular complexity index is 1720. The largest absolute Gasteiger partial charge is 0.486 e. The summed E-state index contributed by atoms with van der Waals surface area (Å²) in [6, 6.07) is 15.1. The van der Waals surface area contributed by atoms with Gasteiger partial charge in [-0.05, 0) is 36.7 Å². The molecule has 7 rings (SSSR count). The molecule has 14 nitrogen and oxygen atoms in total. The summed E-state index contributed by atoms with van der Waals surface area (Å²) in [6.07, 6.45) is 4.65. The first kappa shape index (κ1) is 29.4. The van der Waals surface area contributed by atoms with Crippen LogP contribution in [0, 0.1) is 0 Å². The average molecular weight is 626 g/mol. The first-order chi connectivity index (χ1) is 22.6. The minimum Gasteiger partial charge on any atom is -0.486 e. The SMILES string of the molecule is O=C1COc2ccc(N3CC(CCNCc4nccc(-c5cncc(OC6COC6)n5)c4OCc4ccccc4)OC3=O)nc2N1. The Hall–Kier alpha value is -5.34. The van der Waals surface area contributed by atoms with Gasteiger partial charge >= 0.3 is 6.09 Å². The topological polar surface area (TPSA) is 159 Å². The molecule has 3 aliphatic heterocycles. The van der Waals surface area contributed by atoms with E-state index in [-0.39, 0.29) is 30.5 Å². The summed E-state index contributed by atoms with van der Waals surface area (Å²) in [5, 5.41) is 6.07. The van der Waals surface area contributed by atoms with Crippen LogP contribution in [0.1, 0.15) is 17.7 Å². The molecule has 0 bridgehead atoms. The lowest BCUT2D eigenvalue weighted by atomic mass is 10.1. The average Bonchev–Trinajstić information content (AvgIpc) is 3.44. The second-order valence-electron chi connectivity index (χ2n) is 10.9. The Morgan fingerprint density at radius 1 is 1.04 bits per heavy atom. The van der Waals surface area contributed by atoms with E-state index in [0.29, 0.717) is 80.5 Å². The van der Waals surface area contributed by atoms with Crippen LogP contribution < -0.4 is 29.7 Å². The van der Waals surface area contributed by atoms with Gasteiger partial charge in [0.2, 0.25) is 5.88 Å². The summed E-state index contributed by atoms with van der Waals surface area (Å²) in [5.41, 5.74) is 3.05. The van der Waals surface area contributed by atoms with Gasteiger partial charge in [0.25, 0.3) is 5.91 Å². The van der Waals surface area contributed by atoms with Gasteiger partial charge in [-0.1, -0.05) is 30.3 Å². The minimum absolute atomic E-state index is 0.0340. The lowest BCUT2D eigenvalue weighted by Gasteiger charge is -2.26. The number of amides is 2. The third-order valence-corrected chi connectivity index (χ3v) is 7.53. The van der Waals surface area contributed by atoms with E-state index >= 15 is 0 Å². The predicted octanol–water partition coefficient (Wildman–Crippen LogP) is 3.13. The van der Waals surface area contributed by atoms with Gasteiger partial charge in [0.15, 0.2) is 23.9 Å². The number of anilines is 2. The van der Waals surface area contributed by atoms with E-state index in [4.69, 9.17) is 23.7 Å². The maximum atomic E-state index is 12.7. The zero-order valence-corrected chi connectivity index (χ0v) is 24.8. The minimum atomic E-state index is -0.497. The molecule has 0 aliphatic carbocycles. The van der Waals surface area contributed by atoms with E-state index in [2.05, 4.69) is 30.6 Å². The van der Waals surface area contributed by atoms with Crippen molar-refractivity contribution >= 4 is 23.6 Å². The Kier molecular flexibility index (Phi) is 8.52. The molecule has 2 saturated heterocycles. The molecule has 2 fully saturated rings. The van der Waals surface area contributed by atoms with Gasteiger partial charge in [-0.15, -0.1) is 0 Å². The highest BCUT2D eigenvalue weighted by atomic mass is 16.6. The lowest BCUT2D eigenvalue weighted by Crippen LogP contribution is -2.38. The van der Waals surface area contributed by atoms with E-state index in [1.54, 1.807) is 30.7 Å². The van der Waals surface area contributed by atoms with Crippen LogP contribution in [0.2, 0.25) is 0 Å². The first-order valence-corrected chi connectivity index (χ1v) is 14.9. The molecule has 1 atom stereocenters. The van der Waals surface area contributed by atoms with Crippen LogP contribution in [-0.4, -0.2) is 77.1 Å². The molecular weight excluding hydrogens is 594 g/mol. The van der Waals surface area contributed by atoms with Crippen LogP contribution in [-0.2, 0) is 27.4 Å². The molecule has 4 aromatic rings. The number of hydrogen-bond acceptors (Lipinski definition) is 12. The van der Waals surface area contributed by atoms with E-state index in [1.165, 1.54) is 4.90 Å². The summed E-state index contributed by atoms with van der Waals surface area (Å²) in [5.74, 6) is 1.83. The highest BCUT2D eigenvalue weighted by Gasteiger charge is 2.33. The van der Waals surface area contributed by atoms with Gasteiger partial charge in [-0.2, -0.15) is 0 Å². The molecule has 6 heterocycles. The number of nitrogens with zero attached hydrogens (tertiary/aromatic N) is 5. The number of carbonyl (C=O) groups is 2. The van der Waals surface area contributed by atoms with Gasteiger partial charge in [0.05, 0.1) is 43.5 Å². The molecular formula is C32H31N7O7. The number of hydrogen-bond donors (Lipinski definition) is 2. The summed E-state index contributed by atoms with van der Waals surface area (Å²) in [6.45, 7) is 2.60. The Morgan fingerprint density at radius 3 is 2.78 bits per heavy atom. The van der Waals surface area contributed by atoms with Crippen molar-refractivity contribution in [3.63, 3.8) is 0 Å². The summed E-state index contributed by atoms with van der Waals surface area (Å²) in [7, 11) is 0. The first-order valence-electron chi connectivity index (χ1n) is 14.9. The number of cyclic esters (lactones) is 1. The summed E-state index contributed by atoms with van der Waals surface area (Å²) in [4.78, 5) is 43.8. The fourth-order valence-corrected chi connectivity index (χ4v) is 5.13. The van der Waals surface area contributed by atoms with Crippen molar-refractivity contribution in [3.05, 3.63) is 78.4 Å². The van der Waals surface area contributed by atoms with E-state index in [0.717, 1.165) is 11.1 Å². The van der Waals surface area contributed by atoms with Crippen LogP contribution in [0.15, 0.2) is 67.1 Å². The smallest absolute Gasteiger partial charge is 0.415 e. The fourth-order valence-electron chi connectivity index (χ4n) is 5.13. The number of nitrogens with one attached hydrogen (secondary N) is 2. The van der Waals surface area contributed by atoms with Crippen LogP contribution in [0.25, 0.3) is 11.3 Å². The maximum absolute atomic E-state index is 12.7. The molecule has 1 unspecified atom stereocenters. The number of ether oxygens (including phenoxy) is 5. The molecule has 2 N–H and O–H groups in total. The zero-order valence-electron chi connectivity index (χ0n) is 24.8. The lowest BCUT2D eigenvalue weighted by molar-refractivity contribution is -0.118. The second kappa shape index (κ2) is 13.3. The molecule has 0 spiro atoms. The molecule has 46 heavy (non-hydrogen) atoms. The van der Waals surface area contributed by atoms with Crippen molar-refractivity contribution in [2.75, 3.05) is 43.1 Å². The Balaban J connectivity index is 1.01. The van der Waals surface area contributed by atoms with Gasteiger partial charge in [0.1, 0.15) is 24.6 Å². The van der Waals surface area contributed by atoms with Gasteiger partial charge in [0, 0.05) is 18.3 Å². The molecule has 1 aromatic carbocycles. The third kappa shape index (κ3) is 6.67. The molecule has 236 valence electrons. The highest BCUT2D eigenvalue weighted by molar-refractivity contribution is 5.95. The van der Waals surface area contributed by atoms with E-state index in [1.807, 2.05) is 36.4 Å². The van der Waals surface area contributed by atoms with E-state index < -0.39 is 6.09 Å². The zero-order chi connectivity index (χ0) is 31.3. The van der Waals surface area contributed by atoms with Crippen molar-refractivity contribution in [1.29, 1.82) is 0 Å². The molecule has 3 aliphatic rings. The molecule has 0 saturated carbocycles. The van der Waals surface area contributed by atoms with Crippen LogP contribution in [0.3, 0.4) is 0 Å². The van der Waals surface area contributed by atoms with Crippen molar-refractivity contribution < 1.29 is 33.3 Å². The number of rotatable bonds is 12. The second-order valence-corrected chi connectivity index (χ2v) is 10.9. The number of pyridine rings is 2. The van der Waals surface area contributed by atoms with Gasteiger partial charge in [-0.3, -0.25) is 19.7 Å². The van der Waals surface area contributed by atoms with Gasteiger partial charge < -0.3 is 34.3 Å². The number of aromatic nitrogens is 4. The van der Waals surface area contributed by atoms with Crippen molar-refractivity contribution in [2.45, 2.75) is 31.8 Å². The summed E-state index contributed by atoms with van der Waals surface area (Å²) < 4.78 is 28.4. The normalized spacial score (nSPS) is 17.4. The van der Waals surface area contributed by atoms with Crippen LogP contribution >= 0.6 is 0 Å². The Labute approximate surface area is 264 Å². The van der Waals surface area contributed by atoms with Crippen molar-refractivity contribution in [3.8, 4) is 28.6 Å². The predicted molar refractivity (Wildman–Crippen MR) is 164 cm³/mol. The van der Waals surface area contributed by atoms with Crippen molar-refractivity contribution in [2.24, 2.45) is 0 Å². The maximum Gasteiger partial charge on any atom is 0.415 e. The molecule has 14 heteroatoms.